The molecule has 1 heterocycles. The molecule has 82 valence electrons. The van der Waals surface area contributed by atoms with Crippen LogP contribution in [0.3, 0.4) is 0 Å². The smallest absolute Gasteiger partial charge is 0.293 e. The summed E-state index contributed by atoms with van der Waals surface area (Å²) >= 11 is 1.88. The van der Waals surface area contributed by atoms with E-state index in [1.807, 2.05) is 11.3 Å². The van der Waals surface area contributed by atoms with Crippen LogP contribution in [-0.4, -0.2) is 12.6 Å². The molecule has 0 N–H and O–H groups in total. The van der Waals surface area contributed by atoms with Gasteiger partial charge in [0.15, 0.2) is 0 Å². The molecular formula is C12H16O2S. The average Bonchev–Trinajstić information content (AvgIpc) is 2.85. The van der Waals surface area contributed by atoms with Crippen molar-refractivity contribution in [1.29, 1.82) is 0 Å². The molecule has 0 spiro atoms. The molecule has 2 unspecified atom stereocenters. The maximum absolute atomic E-state index is 10.2. The van der Waals surface area contributed by atoms with Gasteiger partial charge in [-0.3, -0.25) is 4.79 Å². The fourth-order valence-corrected chi connectivity index (χ4v) is 2.99. The Balaban J connectivity index is 1.88. The lowest BCUT2D eigenvalue weighted by Crippen LogP contribution is -1.91. The van der Waals surface area contributed by atoms with Crippen LogP contribution in [0.4, 0.5) is 0 Å². The SMILES string of the molecule is CCCCc1ccc(C2CC2OC=O)s1. The van der Waals surface area contributed by atoms with Gasteiger partial charge in [-0.2, -0.15) is 0 Å². The zero-order valence-corrected chi connectivity index (χ0v) is 9.76. The zero-order valence-electron chi connectivity index (χ0n) is 8.94. The van der Waals surface area contributed by atoms with Crippen LogP contribution < -0.4 is 0 Å². The van der Waals surface area contributed by atoms with Gasteiger partial charge in [-0.1, -0.05) is 13.3 Å². The molecule has 0 bridgehead atoms. The van der Waals surface area contributed by atoms with Crippen molar-refractivity contribution in [2.24, 2.45) is 0 Å². The highest BCUT2D eigenvalue weighted by Crippen LogP contribution is 2.45. The van der Waals surface area contributed by atoms with E-state index in [0.717, 1.165) is 6.42 Å². The molecule has 0 radical (unpaired) electrons. The standard InChI is InChI=1S/C12H16O2S/c1-2-3-4-9-5-6-12(15-9)10-7-11(10)14-8-13/h5-6,8,10-11H,2-4,7H2,1H3. The minimum absolute atomic E-state index is 0.153. The Morgan fingerprint density at radius 2 is 2.47 bits per heavy atom. The molecule has 3 heteroatoms. The monoisotopic (exact) mass is 224 g/mol. The van der Waals surface area contributed by atoms with Crippen molar-refractivity contribution in [2.75, 3.05) is 0 Å². The summed E-state index contributed by atoms with van der Waals surface area (Å²) in [6.07, 6.45) is 4.85. The van der Waals surface area contributed by atoms with E-state index in [4.69, 9.17) is 4.74 Å². The van der Waals surface area contributed by atoms with Gasteiger partial charge in [0.1, 0.15) is 6.10 Å². The first kappa shape index (κ1) is 10.7. The number of carbonyl (C=O) groups excluding carboxylic acids is 1. The summed E-state index contributed by atoms with van der Waals surface area (Å²) in [6, 6.07) is 4.40. The summed E-state index contributed by atoms with van der Waals surface area (Å²) in [5, 5.41) is 0. The third-order valence-electron chi connectivity index (χ3n) is 2.79. The number of thiophene rings is 1. The summed E-state index contributed by atoms with van der Waals surface area (Å²) in [4.78, 5) is 13.0. The van der Waals surface area contributed by atoms with Crippen LogP contribution in [0.1, 0.15) is 41.9 Å². The van der Waals surface area contributed by atoms with Gasteiger partial charge in [0.05, 0.1) is 0 Å². The number of ether oxygens (including phenoxy) is 1. The number of carbonyl (C=O) groups is 1. The van der Waals surface area contributed by atoms with Gasteiger partial charge in [-0.25, -0.2) is 0 Å². The highest BCUT2D eigenvalue weighted by Gasteiger charge is 2.41. The number of hydrogen-bond acceptors (Lipinski definition) is 3. The molecule has 0 amide bonds. The van der Waals surface area contributed by atoms with E-state index < -0.39 is 0 Å². The fourth-order valence-electron chi connectivity index (χ4n) is 1.77. The maximum atomic E-state index is 10.2. The van der Waals surface area contributed by atoms with Gasteiger partial charge in [0.25, 0.3) is 6.47 Å². The number of hydrogen-bond donors (Lipinski definition) is 0. The van der Waals surface area contributed by atoms with Crippen LogP contribution in [0.5, 0.6) is 0 Å². The highest BCUT2D eigenvalue weighted by atomic mass is 32.1. The van der Waals surface area contributed by atoms with Gasteiger partial charge >= 0.3 is 0 Å². The lowest BCUT2D eigenvalue weighted by atomic mass is 10.2. The average molecular weight is 224 g/mol. The molecule has 1 fully saturated rings. The number of rotatable bonds is 6. The highest BCUT2D eigenvalue weighted by molar-refractivity contribution is 7.12. The predicted octanol–water partition coefficient (Wildman–Crippen LogP) is 3.12. The molecular weight excluding hydrogens is 208 g/mol. The molecule has 1 aromatic heterocycles. The van der Waals surface area contributed by atoms with Crippen LogP contribution in [0.2, 0.25) is 0 Å². The first-order valence-corrected chi connectivity index (χ1v) is 6.34. The van der Waals surface area contributed by atoms with Crippen molar-refractivity contribution < 1.29 is 9.53 Å². The number of unbranched alkanes of at least 4 members (excludes halogenated alkanes) is 1. The molecule has 0 saturated heterocycles. The lowest BCUT2D eigenvalue weighted by molar-refractivity contribution is -0.129. The van der Waals surface area contributed by atoms with E-state index in [0.29, 0.717) is 12.4 Å². The van der Waals surface area contributed by atoms with Gasteiger partial charge in [0.2, 0.25) is 0 Å². The van der Waals surface area contributed by atoms with Crippen molar-refractivity contribution in [3.63, 3.8) is 0 Å². The Hall–Kier alpha value is -0.830. The maximum Gasteiger partial charge on any atom is 0.293 e. The molecule has 1 aliphatic carbocycles. The Kier molecular flexibility index (Phi) is 3.41. The van der Waals surface area contributed by atoms with Gasteiger partial charge in [0, 0.05) is 15.7 Å². The van der Waals surface area contributed by atoms with Crippen LogP contribution >= 0.6 is 11.3 Å². The minimum Gasteiger partial charge on any atom is -0.464 e. The summed E-state index contributed by atoms with van der Waals surface area (Å²) in [6.45, 7) is 2.78. The Bertz CT molecular complexity index is 332. The third-order valence-corrected chi connectivity index (χ3v) is 4.06. The predicted molar refractivity (Wildman–Crippen MR) is 61.2 cm³/mol. The summed E-state index contributed by atoms with van der Waals surface area (Å²) in [5.41, 5.74) is 0. The Morgan fingerprint density at radius 3 is 3.20 bits per heavy atom. The first-order valence-electron chi connectivity index (χ1n) is 5.53. The molecule has 1 aromatic rings. The van der Waals surface area contributed by atoms with Crippen molar-refractivity contribution in [3.8, 4) is 0 Å². The quantitative estimate of drug-likeness (QED) is 0.694. The summed E-state index contributed by atoms with van der Waals surface area (Å²) in [7, 11) is 0. The Labute approximate surface area is 94.3 Å². The fraction of sp³-hybridized carbons (Fsp3) is 0.583. The second kappa shape index (κ2) is 4.79. The molecule has 1 saturated carbocycles. The molecule has 0 aromatic carbocycles. The molecule has 1 aliphatic rings. The topological polar surface area (TPSA) is 26.3 Å². The van der Waals surface area contributed by atoms with Crippen LogP contribution in [0, 0.1) is 0 Å². The second-order valence-electron chi connectivity index (χ2n) is 4.02. The van der Waals surface area contributed by atoms with E-state index in [2.05, 4.69) is 19.1 Å². The van der Waals surface area contributed by atoms with Crippen LogP contribution in [0.15, 0.2) is 12.1 Å². The van der Waals surface area contributed by atoms with Crippen molar-refractivity contribution >= 4 is 17.8 Å². The molecule has 2 rings (SSSR count). The van der Waals surface area contributed by atoms with E-state index in [9.17, 15) is 4.79 Å². The normalized spacial score (nSPS) is 23.8. The van der Waals surface area contributed by atoms with Gasteiger partial charge in [-0.15, -0.1) is 11.3 Å². The lowest BCUT2D eigenvalue weighted by Gasteiger charge is -1.95. The molecule has 2 nitrogen and oxygen atoms in total. The van der Waals surface area contributed by atoms with Crippen LogP contribution in [0.25, 0.3) is 0 Å². The van der Waals surface area contributed by atoms with E-state index >= 15 is 0 Å². The summed E-state index contributed by atoms with van der Waals surface area (Å²) in [5.74, 6) is 0.482. The number of aryl methyl sites for hydroxylation is 1. The molecule has 0 aliphatic heterocycles. The zero-order chi connectivity index (χ0) is 10.7. The minimum atomic E-state index is 0.153. The Morgan fingerprint density at radius 1 is 1.60 bits per heavy atom. The van der Waals surface area contributed by atoms with E-state index in [-0.39, 0.29) is 6.10 Å². The first-order chi connectivity index (χ1) is 7.35. The van der Waals surface area contributed by atoms with E-state index in [1.54, 1.807) is 0 Å². The van der Waals surface area contributed by atoms with Crippen molar-refractivity contribution in [3.05, 3.63) is 21.9 Å². The largest absolute Gasteiger partial charge is 0.464 e. The van der Waals surface area contributed by atoms with Crippen molar-refractivity contribution in [1.82, 2.24) is 0 Å². The third kappa shape index (κ3) is 2.59. The summed E-state index contributed by atoms with van der Waals surface area (Å²) < 4.78 is 4.94. The van der Waals surface area contributed by atoms with Crippen LogP contribution in [-0.2, 0) is 16.0 Å². The van der Waals surface area contributed by atoms with Crippen molar-refractivity contribution in [2.45, 2.75) is 44.6 Å². The molecule has 2 atom stereocenters. The van der Waals surface area contributed by atoms with Gasteiger partial charge in [-0.05, 0) is 31.4 Å². The van der Waals surface area contributed by atoms with E-state index in [1.165, 1.54) is 29.0 Å². The molecule has 15 heavy (non-hydrogen) atoms. The second-order valence-corrected chi connectivity index (χ2v) is 5.22. The van der Waals surface area contributed by atoms with Gasteiger partial charge < -0.3 is 4.74 Å².